The normalized spacial score (nSPS) is 13.5. The van der Waals surface area contributed by atoms with E-state index in [1.54, 1.807) is 36.0 Å². The van der Waals surface area contributed by atoms with E-state index >= 15 is 0 Å². The van der Waals surface area contributed by atoms with Crippen LogP contribution in [-0.4, -0.2) is 47.4 Å². The standard InChI is InChI=1S/C35H34FN5O4/c1-22-34(26-8-9-27(19-37)30(36)17-26)29(25-10-11-32(45-2)31(42)18-25)21-39-35(22)41-15-13-28(14-16-41)38-20-24-5-3-23(4-6-24)7-12-33(43)40-44/h3-12,17-18,21,28,38,42,44H,13-16,20H2,1-2H3,(H,40,43)/b12-7+. The number of anilines is 1. The summed E-state index contributed by atoms with van der Waals surface area (Å²) in [6.07, 6.45) is 6.47. The number of phenols is 1. The van der Waals surface area contributed by atoms with Gasteiger partial charge in [-0.05, 0) is 77.9 Å². The van der Waals surface area contributed by atoms with Crippen LogP contribution in [0.5, 0.6) is 11.5 Å². The fourth-order valence-electron chi connectivity index (χ4n) is 5.64. The quantitative estimate of drug-likeness (QED) is 0.108. The van der Waals surface area contributed by atoms with Crippen molar-refractivity contribution in [3.8, 4) is 39.8 Å². The molecule has 9 nitrogen and oxygen atoms in total. The maximum absolute atomic E-state index is 14.8. The smallest absolute Gasteiger partial charge is 0.267 e. The number of hydrogen-bond acceptors (Lipinski definition) is 8. The molecule has 1 saturated heterocycles. The summed E-state index contributed by atoms with van der Waals surface area (Å²) in [5.41, 5.74) is 7.24. The van der Waals surface area contributed by atoms with Gasteiger partial charge in [-0.15, -0.1) is 0 Å². The number of carbonyl (C=O) groups is 1. The lowest BCUT2D eigenvalue weighted by atomic mass is 9.91. The van der Waals surface area contributed by atoms with E-state index in [1.165, 1.54) is 25.3 Å². The van der Waals surface area contributed by atoms with Crippen LogP contribution in [-0.2, 0) is 11.3 Å². The second kappa shape index (κ2) is 14.0. The molecule has 230 valence electrons. The minimum Gasteiger partial charge on any atom is -0.504 e. The van der Waals surface area contributed by atoms with Crippen molar-refractivity contribution in [3.05, 3.63) is 101 Å². The van der Waals surface area contributed by atoms with Crippen molar-refractivity contribution in [2.75, 3.05) is 25.1 Å². The summed E-state index contributed by atoms with van der Waals surface area (Å²) in [7, 11) is 1.49. The minimum absolute atomic E-state index is 0.0110. The topological polar surface area (TPSA) is 131 Å². The Balaban J connectivity index is 1.33. The Kier molecular flexibility index (Phi) is 9.73. The van der Waals surface area contributed by atoms with Crippen LogP contribution in [0.25, 0.3) is 28.3 Å². The second-order valence-electron chi connectivity index (χ2n) is 10.9. The molecular weight excluding hydrogens is 573 g/mol. The zero-order valence-electron chi connectivity index (χ0n) is 25.0. The number of nitriles is 1. The zero-order valence-corrected chi connectivity index (χ0v) is 25.0. The lowest BCUT2D eigenvalue weighted by Crippen LogP contribution is -2.42. The molecule has 3 aromatic carbocycles. The molecule has 0 spiro atoms. The number of piperidine rings is 1. The first kappa shape index (κ1) is 31.2. The molecule has 10 heteroatoms. The molecule has 4 aromatic rings. The van der Waals surface area contributed by atoms with Crippen LogP contribution in [0.4, 0.5) is 10.2 Å². The van der Waals surface area contributed by atoms with Crippen LogP contribution in [0, 0.1) is 24.1 Å². The molecule has 0 aliphatic carbocycles. The Morgan fingerprint density at radius 3 is 2.51 bits per heavy atom. The van der Waals surface area contributed by atoms with Crippen molar-refractivity contribution < 1.29 is 24.2 Å². The summed E-state index contributed by atoms with van der Waals surface area (Å²) in [6, 6.07) is 19.8. The Hall–Kier alpha value is -5.24. The van der Waals surface area contributed by atoms with Crippen molar-refractivity contribution in [3.63, 3.8) is 0 Å². The number of methoxy groups -OCH3 is 1. The first-order valence-corrected chi connectivity index (χ1v) is 14.6. The number of nitrogens with zero attached hydrogens (tertiary/aromatic N) is 3. The summed E-state index contributed by atoms with van der Waals surface area (Å²) in [4.78, 5) is 18.3. The monoisotopic (exact) mass is 607 g/mol. The predicted octanol–water partition coefficient (Wildman–Crippen LogP) is 5.73. The number of halogens is 1. The molecule has 5 rings (SSSR count). The van der Waals surface area contributed by atoms with E-state index in [1.807, 2.05) is 43.3 Å². The highest BCUT2D eigenvalue weighted by molar-refractivity contribution is 5.91. The number of aromatic hydroxyl groups is 1. The minimum atomic E-state index is -0.594. The Morgan fingerprint density at radius 2 is 1.87 bits per heavy atom. The van der Waals surface area contributed by atoms with Gasteiger partial charge in [-0.3, -0.25) is 10.0 Å². The molecule has 1 fully saturated rings. The van der Waals surface area contributed by atoms with Gasteiger partial charge in [0.1, 0.15) is 17.7 Å². The van der Waals surface area contributed by atoms with Gasteiger partial charge in [0.05, 0.1) is 12.7 Å². The van der Waals surface area contributed by atoms with Gasteiger partial charge in [0, 0.05) is 49.1 Å². The number of hydroxylamine groups is 1. The fraction of sp³-hybridized carbons (Fsp3) is 0.229. The maximum atomic E-state index is 14.8. The summed E-state index contributed by atoms with van der Waals surface area (Å²) in [5.74, 6) is -0.0218. The Morgan fingerprint density at radius 1 is 1.13 bits per heavy atom. The number of rotatable bonds is 9. The van der Waals surface area contributed by atoms with Crippen LogP contribution in [0.1, 0.15) is 35.1 Å². The number of nitrogens with one attached hydrogen (secondary N) is 2. The van der Waals surface area contributed by atoms with Crippen LogP contribution in [0.3, 0.4) is 0 Å². The molecule has 1 aromatic heterocycles. The number of benzene rings is 3. The number of hydrogen-bond donors (Lipinski definition) is 4. The van der Waals surface area contributed by atoms with Gasteiger partial charge in [-0.2, -0.15) is 5.26 Å². The third kappa shape index (κ3) is 7.12. The van der Waals surface area contributed by atoms with Gasteiger partial charge in [0.2, 0.25) is 0 Å². The number of ether oxygens (including phenoxy) is 1. The molecule has 45 heavy (non-hydrogen) atoms. The van der Waals surface area contributed by atoms with Crippen molar-refractivity contribution in [2.45, 2.75) is 32.4 Å². The molecular formula is C35H34FN5O4. The predicted molar refractivity (Wildman–Crippen MR) is 170 cm³/mol. The average Bonchev–Trinajstić information content (AvgIpc) is 3.06. The number of phenolic OH excluding ortho intramolecular Hbond substituents is 1. The van der Waals surface area contributed by atoms with Gasteiger partial charge in [-0.25, -0.2) is 14.9 Å². The first-order chi connectivity index (χ1) is 21.8. The van der Waals surface area contributed by atoms with E-state index < -0.39 is 11.7 Å². The summed E-state index contributed by atoms with van der Waals surface area (Å²) < 4.78 is 20.0. The third-order valence-corrected chi connectivity index (χ3v) is 8.07. The number of pyridine rings is 1. The molecule has 0 bridgehead atoms. The van der Waals surface area contributed by atoms with Crippen LogP contribution in [0.2, 0.25) is 0 Å². The van der Waals surface area contributed by atoms with E-state index in [2.05, 4.69) is 10.2 Å². The van der Waals surface area contributed by atoms with Gasteiger partial charge in [-0.1, -0.05) is 36.4 Å². The maximum Gasteiger partial charge on any atom is 0.267 e. The molecule has 4 N–H and O–H groups in total. The van der Waals surface area contributed by atoms with Crippen molar-refractivity contribution in [2.24, 2.45) is 0 Å². The summed E-state index contributed by atoms with van der Waals surface area (Å²) in [6.45, 7) is 4.25. The Labute approximate surface area is 261 Å². The molecule has 2 heterocycles. The van der Waals surface area contributed by atoms with E-state index in [9.17, 15) is 19.6 Å². The highest BCUT2D eigenvalue weighted by atomic mass is 19.1. The van der Waals surface area contributed by atoms with Crippen LogP contribution < -0.4 is 20.4 Å². The molecule has 1 aliphatic rings. The van der Waals surface area contributed by atoms with Gasteiger partial charge in [0.25, 0.3) is 5.91 Å². The van der Waals surface area contributed by atoms with E-state index in [0.29, 0.717) is 29.5 Å². The molecule has 0 saturated carbocycles. The molecule has 0 radical (unpaired) electrons. The van der Waals surface area contributed by atoms with Crippen LogP contribution in [0.15, 0.2) is 72.9 Å². The van der Waals surface area contributed by atoms with E-state index in [4.69, 9.17) is 14.9 Å². The Bertz CT molecular complexity index is 1760. The molecule has 1 amide bonds. The zero-order chi connectivity index (χ0) is 31.9. The van der Waals surface area contributed by atoms with Gasteiger partial charge >= 0.3 is 0 Å². The molecule has 0 unspecified atom stereocenters. The SMILES string of the molecule is COc1ccc(-c2cnc(N3CCC(NCc4ccc(/C=C/C(=O)NO)cc4)CC3)c(C)c2-c2ccc(C#N)c(F)c2)cc1O. The van der Waals surface area contributed by atoms with E-state index in [0.717, 1.165) is 59.6 Å². The lowest BCUT2D eigenvalue weighted by molar-refractivity contribution is -0.124. The van der Waals surface area contributed by atoms with Gasteiger partial charge in [0.15, 0.2) is 11.5 Å². The van der Waals surface area contributed by atoms with E-state index in [-0.39, 0.29) is 11.3 Å². The number of aromatic nitrogens is 1. The fourth-order valence-corrected chi connectivity index (χ4v) is 5.64. The van der Waals surface area contributed by atoms with Crippen molar-refractivity contribution in [1.29, 1.82) is 5.26 Å². The number of amides is 1. The lowest BCUT2D eigenvalue weighted by Gasteiger charge is -2.35. The second-order valence-corrected chi connectivity index (χ2v) is 10.9. The van der Waals surface area contributed by atoms with Gasteiger partial charge < -0.3 is 20.1 Å². The number of carbonyl (C=O) groups excluding carboxylic acids is 1. The molecule has 0 atom stereocenters. The molecule has 1 aliphatic heterocycles. The van der Waals surface area contributed by atoms with Crippen LogP contribution >= 0.6 is 0 Å². The average molecular weight is 608 g/mol. The third-order valence-electron chi connectivity index (χ3n) is 8.07. The highest BCUT2D eigenvalue weighted by Crippen LogP contribution is 2.41. The first-order valence-electron chi connectivity index (χ1n) is 14.6. The largest absolute Gasteiger partial charge is 0.504 e. The highest BCUT2D eigenvalue weighted by Gasteiger charge is 2.24. The summed E-state index contributed by atoms with van der Waals surface area (Å²) >= 11 is 0. The van der Waals surface area contributed by atoms with Crippen molar-refractivity contribution in [1.82, 2.24) is 15.8 Å². The van der Waals surface area contributed by atoms with Crippen molar-refractivity contribution >= 4 is 17.8 Å². The summed E-state index contributed by atoms with van der Waals surface area (Å²) in [5, 5.41) is 32.0.